The lowest BCUT2D eigenvalue weighted by molar-refractivity contribution is -0.0548. The van der Waals surface area contributed by atoms with E-state index in [4.69, 9.17) is 14.5 Å². The van der Waals surface area contributed by atoms with Gasteiger partial charge in [-0.1, -0.05) is 18.2 Å². The predicted molar refractivity (Wildman–Crippen MR) is 118 cm³/mol. The second kappa shape index (κ2) is 9.91. The van der Waals surface area contributed by atoms with Crippen molar-refractivity contribution in [2.24, 2.45) is 0 Å². The van der Waals surface area contributed by atoms with Gasteiger partial charge >= 0.3 is 13.5 Å². The smallest absolute Gasteiger partial charge is 0.387 e. The molecule has 1 aliphatic rings. The number of phosphoric acid groups is 1. The third-order valence-corrected chi connectivity index (χ3v) is 5.92. The molecule has 4 atom stereocenters. The van der Waals surface area contributed by atoms with Crippen LogP contribution in [0.3, 0.4) is 0 Å². The van der Waals surface area contributed by atoms with E-state index < -0.39 is 56.0 Å². The van der Waals surface area contributed by atoms with Crippen molar-refractivity contribution in [1.29, 1.82) is 0 Å². The van der Waals surface area contributed by atoms with E-state index in [1.165, 1.54) is 18.3 Å². The fourth-order valence-corrected chi connectivity index (χ4v) is 4.07. The molecule has 2 aromatic heterocycles. The van der Waals surface area contributed by atoms with Crippen molar-refractivity contribution in [2.75, 3.05) is 6.61 Å². The molecule has 3 aromatic rings. The Labute approximate surface area is 196 Å². The quantitative estimate of drug-likeness (QED) is 0.317. The van der Waals surface area contributed by atoms with Crippen LogP contribution in [0, 0.1) is 5.82 Å². The zero-order valence-electron chi connectivity index (χ0n) is 17.9. The molecule has 186 valence electrons. The van der Waals surface area contributed by atoms with E-state index in [0.717, 1.165) is 21.4 Å². The Morgan fingerprint density at radius 2 is 1.86 bits per heavy atom. The molecule has 1 fully saturated rings. The van der Waals surface area contributed by atoms with Crippen molar-refractivity contribution in [2.45, 2.75) is 31.1 Å². The van der Waals surface area contributed by atoms with E-state index in [1.807, 2.05) is 0 Å². The molecule has 0 aliphatic carbocycles. The van der Waals surface area contributed by atoms with Crippen molar-refractivity contribution in [3.05, 3.63) is 87.2 Å². The van der Waals surface area contributed by atoms with Gasteiger partial charge in [0.15, 0.2) is 6.23 Å². The van der Waals surface area contributed by atoms with E-state index >= 15 is 0 Å². The number of phosphoric ester groups is 1. The third kappa shape index (κ3) is 5.46. The van der Waals surface area contributed by atoms with E-state index in [2.05, 4.69) is 9.51 Å². The van der Waals surface area contributed by atoms with Crippen molar-refractivity contribution >= 4 is 7.82 Å². The number of rotatable bonds is 7. The highest BCUT2D eigenvalue weighted by Crippen LogP contribution is 2.38. The minimum absolute atomic E-state index is 0.281. The van der Waals surface area contributed by atoms with Crippen molar-refractivity contribution in [1.82, 2.24) is 14.1 Å². The maximum Gasteiger partial charge on any atom is 0.469 e. The highest BCUT2D eigenvalue weighted by molar-refractivity contribution is 7.46. The summed E-state index contributed by atoms with van der Waals surface area (Å²) < 4.78 is 36.5. The van der Waals surface area contributed by atoms with Gasteiger partial charge in [-0.05, 0) is 23.8 Å². The Balaban J connectivity index is 1.62. The fourth-order valence-electron chi connectivity index (χ4n) is 3.73. The van der Waals surface area contributed by atoms with Gasteiger partial charge < -0.3 is 24.7 Å². The zero-order valence-corrected chi connectivity index (χ0v) is 18.8. The first-order chi connectivity index (χ1) is 16.5. The molecule has 1 saturated heterocycles. The summed E-state index contributed by atoms with van der Waals surface area (Å²) in [5.41, 5.74) is -0.498. The SMILES string of the molecule is O=c1ccn([C@@H]2O[C@H](COP(=O)(O)O)C(O)C2O)c(=O)n1Cc1cc(-c2ccccc2F)ccn1. The Morgan fingerprint density at radius 1 is 1.11 bits per heavy atom. The molecule has 0 amide bonds. The summed E-state index contributed by atoms with van der Waals surface area (Å²) in [5.74, 6) is -0.452. The fraction of sp³-hybridized carbons (Fsp3) is 0.286. The summed E-state index contributed by atoms with van der Waals surface area (Å²) >= 11 is 0. The van der Waals surface area contributed by atoms with Crippen molar-refractivity contribution < 1.29 is 38.2 Å². The highest BCUT2D eigenvalue weighted by atomic mass is 31.2. The summed E-state index contributed by atoms with van der Waals surface area (Å²) in [6.07, 6.45) is -3.63. The summed E-state index contributed by atoms with van der Waals surface area (Å²) in [4.78, 5) is 47.3. The van der Waals surface area contributed by atoms with E-state index in [0.29, 0.717) is 11.1 Å². The van der Waals surface area contributed by atoms with Gasteiger partial charge in [-0.2, -0.15) is 0 Å². The molecular formula is C21H21FN3O9P. The summed E-state index contributed by atoms with van der Waals surface area (Å²) in [6, 6.07) is 10.2. The van der Waals surface area contributed by atoms with Crippen LogP contribution in [-0.4, -0.2) is 59.0 Å². The molecule has 0 radical (unpaired) electrons. The molecule has 0 spiro atoms. The van der Waals surface area contributed by atoms with Gasteiger partial charge in [0.2, 0.25) is 0 Å². The minimum atomic E-state index is -4.87. The topological polar surface area (TPSA) is 173 Å². The van der Waals surface area contributed by atoms with Crippen LogP contribution < -0.4 is 11.2 Å². The number of aliphatic hydroxyl groups is 2. The van der Waals surface area contributed by atoms with E-state index in [1.54, 1.807) is 24.3 Å². The lowest BCUT2D eigenvalue weighted by atomic mass is 10.1. The monoisotopic (exact) mass is 509 g/mol. The van der Waals surface area contributed by atoms with Gasteiger partial charge in [0.1, 0.15) is 24.1 Å². The van der Waals surface area contributed by atoms with Crippen LogP contribution in [0.5, 0.6) is 0 Å². The molecule has 3 heterocycles. The van der Waals surface area contributed by atoms with Gasteiger partial charge in [-0.25, -0.2) is 13.8 Å². The second-order valence-corrected chi connectivity index (χ2v) is 9.02. The Morgan fingerprint density at radius 3 is 2.57 bits per heavy atom. The molecule has 35 heavy (non-hydrogen) atoms. The number of nitrogens with zero attached hydrogens (tertiary/aromatic N) is 3. The van der Waals surface area contributed by atoms with Crippen LogP contribution in [0.1, 0.15) is 11.9 Å². The van der Waals surface area contributed by atoms with Gasteiger partial charge in [-0.3, -0.25) is 23.4 Å². The average Bonchev–Trinajstić information content (AvgIpc) is 3.09. The summed E-state index contributed by atoms with van der Waals surface area (Å²) in [6.45, 7) is -1.03. The number of ether oxygens (including phenoxy) is 1. The molecule has 0 saturated carbocycles. The Hall–Kier alpha value is -3.03. The lowest BCUT2D eigenvalue weighted by Gasteiger charge is -2.18. The van der Waals surface area contributed by atoms with E-state index in [-0.39, 0.29) is 12.2 Å². The molecule has 4 N–H and O–H groups in total. The van der Waals surface area contributed by atoms with Crippen LogP contribution in [0.15, 0.2) is 64.4 Å². The molecule has 4 rings (SSSR count). The van der Waals surface area contributed by atoms with Crippen LogP contribution in [-0.2, 0) is 20.4 Å². The molecule has 14 heteroatoms. The number of hydrogen-bond donors (Lipinski definition) is 4. The average molecular weight is 509 g/mol. The Bertz CT molecular complexity index is 1390. The minimum Gasteiger partial charge on any atom is -0.387 e. The number of aromatic nitrogens is 3. The zero-order chi connectivity index (χ0) is 25.3. The van der Waals surface area contributed by atoms with Gasteiger partial charge in [-0.15, -0.1) is 0 Å². The van der Waals surface area contributed by atoms with Crippen molar-refractivity contribution in [3.8, 4) is 11.1 Å². The number of aliphatic hydroxyl groups excluding tert-OH is 2. The van der Waals surface area contributed by atoms with E-state index in [9.17, 15) is 28.8 Å². The first kappa shape index (κ1) is 25.1. The third-order valence-electron chi connectivity index (χ3n) is 5.44. The molecule has 1 aromatic carbocycles. The lowest BCUT2D eigenvalue weighted by Crippen LogP contribution is -2.43. The maximum atomic E-state index is 14.2. The highest BCUT2D eigenvalue weighted by Gasteiger charge is 2.45. The largest absolute Gasteiger partial charge is 0.469 e. The van der Waals surface area contributed by atoms with Gasteiger partial charge in [0.25, 0.3) is 5.56 Å². The summed E-state index contributed by atoms with van der Waals surface area (Å²) in [5, 5.41) is 20.5. The first-order valence-electron chi connectivity index (χ1n) is 10.3. The number of benzene rings is 1. The Kier molecular flexibility index (Phi) is 7.10. The van der Waals surface area contributed by atoms with Crippen molar-refractivity contribution in [3.63, 3.8) is 0 Å². The molecule has 12 nitrogen and oxygen atoms in total. The molecule has 1 aliphatic heterocycles. The predicted octanol–water partition coefficient (Wildman–Crippen LogP) is -0.0121. The molecular weight excluding hydrogens is 488 g/mol. The second-order valence-electron chi connectivity index (χ2n) is 7.78. The number of halogens is 1. The standard InChI is InChI=1S/C21H21FN3O9P/c22-15-4-2-1-3-14(15)12-5-7-23-13(9-12)10-25-17(26)6-8-24(21(25)29)20-19(28)18(27)16(34-20)11-33-35(30,31)32/h1-9,16,18-20,27-28H,10-11H2,(H2,30,31,32)/t16-,18?,19?,20-/m1/s1. The van der Waals surface area contributed by atoms with Crippen LogP contribution in [0.25, 0.3) is 11.1 Å². The maximum absolute atomic E-state index is 14.2. The van der Waals surface area contributed by atoms with Gasteiger partial charge in [0.05, 0.1) is 18.8 Å². The van der Waals surface area contributed by atoms with Crippen LogP contribution >= 0.6 is 7.82 Å². The van der Waals surface area contributed by atoms with Gasteiger partial charge in [0, 0.05) is 24.0 Å². The van der Waals surface area contributed by atoms with Crippen LogP contribution in [0.2, 0.25) is 0 Å². The van der Waals surface area contributed by atoms with Crippen LogP contribution in [0.4, 0.5) is 4.39 Å². The molecule has 0 bridgehead atoms. The molecule has 2 unspecified atom stereocenters. The normalized spacial score (nSPS) is 22.4. The summed E-state index contributed by atoms with van der Waals surface area (Å²) in [7, 11) is -4.87. The first-order valence-corrected chi connectivity index (χ1v) is 11.8. The number of pyridine rings is 1. The number of hydrogen-bond acceptors (Lipinski definition) is 8.